The fourth-order valence-electron chi connectivity index (χ4n) is 1.48. The summed E-state index contributed by atoms with van der Waals surface area (Å²) in [5.74, 6) is 0.649. The Morgan fingerprint density at radius 3 is 2.68 bits per heavy atom. The van der Waals surface area contributed by atoms with Crippen molar-refractivity contribution < 1.29 is 4.79 Å². The molecular formula is C14H13ClN2OS. The van der Waals surface area contributed by atoms with Crippen LogP contribution < -0.4 is 5.32 Å². The Hall–Kier alpha value is -1.52. The summed E-state index contributed by atoms with van der Waals surface area (Å²) < 4.78 is 0. The largest absolute Gasteiger partial charge is 0.325 e. The standard InChI is InChI=1S/C14H13ClN2OS/c15-8-14(18)17-12-3-5-13(6-4-12)19-10-11-2-1-7-16-9-11/h1-7,9H,8,10H2,(H,17,18). The molecule has 98 valence electrons. The van der Waals surface area contributed by atoms with Crippen LogP contribution in [0.3, 0.4) is 0 Å². The zero-order chi connectivity index (χ0) is 13.5. The van der Waals surface area contributed by atoms with E-state index in [0.29, 0.717) is 0 Å². The van der Waals surface area contributed by atoms with Gasteiger partial charge in [-0.3, -0.25) is 9.78 Å². The summed E-state index contributed by atoms with van der Waals surface area (Å²) in [7, 11) is 0. The summed E-state index contributed by atoms with van der Waals surface area (Å²) >= 11 is 7.16. The van der Waals surface area contributed by atoms with Crippen LogP contribution in [-0.4, -0.2) is 16.8 Å². The topological polar surface area (TPSA) is 42.0 Å². The molecule has 0 bridgehead atoms. The molecule has 2 aromatic rings. The molecule has 0 aliphatic rings. The van der Waals surface area contributed by atoms with Gasteiger partial charge in [-0.15, -0.1) is 23.4 Å². The highest BCUT2D eigenvalue weighted by molar-refractivity contribution is 7.98. The van der Waals surface area contributed by atoms with Crippen LogP contribution in [0.2, 0.25) is 0 Å². The third kappa shape index (κ3) is 4.58. The summed E-state index contributed by atoms with van der Waals surface area (Å²) in [6.45, 7) is 0. The van der Waals surface area contributed by atoms with E-state index in [1.54, 1.807) is 18.0 Å². The minimum Gasteiger partial charge on any atom is -0.325 e. The van der Waals surface area contributed by atoms with E-state index in [2.05, 4.69) is 16.4 Å². The molecule has 3 nitrogen and oxygen atoms in total. The van der Waals surface area contributed by atoms with Crippen molar-refractivity contribution in [3.05, 3.63) is 54.4 Å². The Bertz CT molecular complexity index is 531. The van der Waals surface area contributed by atoms with Crippen molar-refractivity contribution in [2.24, 2.45) is 0 Å². The molecule has 0 spiro atoms. The number of alkyl halides is 1. The first-order valence-electron chi connectivity index (χ1n) is 5.75. The van der Waals surface area contributed by atoms with Crippen LogP contribution in [-0.2, 0) is 10.5 Å². The predicted molar refractivity (Wildman–Crippen MR) is 79.6 cm³/mol. The van der Waals surface area contributed by atoms with Crippen LogP contribution in [0.4, 0.5) is 5.69 Å². The third-order valence-electron chi connectivity index (χ3n) is 2.39. The summed E-state index contributed by atoms with van der Waals surface area (Å²) in [6.07, 6.45) is 3.63. The molecular weight excluding hydrogens is 280 g/mol. The number of anilines is 1. The normalized spacial score (nSPS) is 10.2. The number of carbonyl (C=O) groups is 1. The molecule has 5 heteroatoms. The third-order valence-corrected chi connectivity index (χ3v) is 3.71. The number of aromatic nitrogens is 1. The Morgan fingerprint density at radius 1 is 1.26 bits per heavy atom. The van der Waals surface area contributed by atoms with E-state index in [9.17, 15) is 4.79 Å². The molecule has 2 rings (SSSR count). The second-order valence-corrected chi connectivity index (χ2v) is 5.17. The first kappa shape index (κ1) is 13.9. The summed E-state index contributed by atoms with van der Waals surface area (Å²) in [5, 5.41) is 2.70. The monoisotopic (exact) mass is 292 g/mol. The van der Waals surface area contributed by atoms with E-state index >= 15 is 0 Å². The van der Waals surface area contributed by atoms with E-state index in [4.69, 9.17) is 11.6 Å². The Kier molecular flexibility index (Phi) is 5.24. The lowest BCUT2D eigenvalue weighted by Crippen LogP contribution is -2.12. The Morgan fingerprint density at radius 2 is 2.05 bits per heavy atom. The number of hydrogen-bond acceptors (Lipinski definition) is 3. The highest BCUT2D eigenvalue weighted by Crippen LogP contribution is 2.23. The summed E-state index contributed by atoms with van der Waals surface area (Å²) in [6, 6.07) is 11.7. The van der Waals surface area contributed by atoms with Crippen molar-refractivity contribution in [2.45, 2.75) is 10.6 Å². The highest BCUT2D eigenvalue weighted by atomic mass is 35.5. The maximum atomic E-state index is 11.1. The molecule has 1 amide bonds. The van der Waals surface area contributed by atoms with Gasteiger partial charge in [0.1, 0.15) is 5.88 Å². The molecule has 1 heterocycles. The Labute approximate surface area is 121 Å². The second-order valence-electron chi connectivity index (χ2n) is 3.86. The Balaban J connectivity index is 1.90. The van der Waals surface area contributed by atoms with E-state index in [-0.39, 0.29) is 11.8 Å². The van der Waals surface area contributed by atoms with Crippen molar-refractivity contribution in [1.29, 1.82) is 0 Å². The second kappa shape index (κ2) is 7.16. The van der Waals surface area contributed by atoms with E-state index < -0.39 is 0 Å². The molecule has 0 fully saturated rings. The molecule has 19 heavy (non-hydrogen) atoms. The van der Waals surface area contributed by atoms with Crippen LogP contribution in [0.5, 0.6) is 0 Å². The maximum Gasteiger partial charge on any atom is 0.239 e. The van der Waals surface area contributed by atoms with Gasteiger partial charge in [0, 0.05) is 28.7 Å². The fourth-order valence-corrected chi connectivity index (χ4v) is 2.38. The lowest BCUT2D eigenvalue weighted by atomic mass is 10.3. The minimum absolute atomic E-state index is 0.0302. The van der Waals surface area contributed by atoms with Gasteiger partial charge >= 0.3 is 0 Å². The fraction of sp³-hybridized carbons (Fsp3) is 0.143. The molecule has 0 atom stereocenters. The van der Waals surface area contributed by atoms with Crippen molar-refractivity contribution >= 4 is 35.0 Å². The number of nitrogens with one attached hydrogen (secondary N) is 1. The maximum absolute atomic E-state index is 11.1. The molecule has 1 N–H and O–H groups in total. The quantitative estimate of drug-likeness (QED) is 0.677. The number of thioether (sulfide) groups is 1. The van der Waals surface area contributed by atoms with Gasteiger partial charge in [0.05, 0.1) is 0 Å². The average molecular weight is 293 g/mol. The number of rotatable bonds is 5. The highest BCUT2D eigenvalue weighted by Gasteiger charge is 2.00. The average Bonchev–Trinajstić information content (AvgIpc) is 2.47. The molecule has 0 saturated heterocycles. The number of hydrogen-bond donors (Lipinski definition) is 1. The molecule has 0 radical (unpaired) electrons. The van der Waals surface area contributed by atoms with Crippen LogP contribution in [0.1, 0.15) is 5.56 Å². The molecule has 0 saturated carbocycles. The molecule has 1 aromatic heterocycles. The number of carbonyl (C=O) groups excluding carboxylic acids is 1. The SMILES string of the molecule is O=C(CCl)Nc1ccc(SCc2cccnc2)cc1. The smallest absolute Gasteiger partial charge is 0.239 e. The van der Waals surface area contributed by atoms with E-state index in [1.165, 1.54) is 5.56 Å². The van der Waals surface area contributed by atoms with Gasteiger partial charge in [0.2, 0.25) is 5.91 Å². The van der Waals surface area contributed by atoms with Crippen LogP contribution >= 0.6 is 23.4 Å². The van der Waals surface area contributed by atoms with Gasteiger partial charge < -0.3 is 5.32 Å². The van der Waals surface area contributed by atoms with Crippen molar-refractivity contribution in [1.82, 2.24) is 4.98 Å². The minimum atomic E-state index is -0.197. The molecule has 1 aromatic carbocycles. The van der Waals surface area contributed by atoms with Crippen molar-refractivity contribution in [3.63, 3.8) is 0 Å². The first-order chi connectivity index (χ1) is 9.28. The van der Waals surface area contributed by atoms with Gasteiger partial charge in [-0.1, -0.05) is 6.07 Å². The first-order valence-corrected chi connectivity index (χ1v) is 7.27. The van der Waals surface area contributed by atoms with E-state index in [0.717, 1.165) is 16.3 Å². The number of halogens is 1. The number of nitrogens with zero attached hydrogens (tertiary/aromatic N) is 1. The zero-order valence-corrected chi connectivity index (χ0v) is 11.7. The number of pyridine rings is 1. The number of benzene rings is 1. The van der Waals surface area contributed by atoms with Crippen LogP contribution in [0.25, 0.3) is 0 Å². The van der Waals surface area contributed by atoms with Gasteiger partial charge in [-0.05, 0) is 35.9 Å². The molecule has 0 aliphatic carbocycles. The van der Waals surface area contributed by atoms with Crippen LogP contribution in [0.15, 0.2) is 53.7 Å². The zero-order valence-electron chi connectivity index (χ0n) is 10.2. The molecule has 0 unspecified atom stereocenters. The van der Waals surface area contributed by atoms with Crippen molar-refractivity contribution in [3.8, 4) is 0 Å². The van der Waals surface area contributed by atoms with E-state index in [1.807, 2.05) is 36.5 Å². The number of amides is 1. The molecule has 0 aliphatic heterocycles. The van der Waals surface area contributed by atoms with Gasteiger partial charge in [0.25, 0.3) is 0 Å². The van der Waals surface area contributed by atoms with Crippen LogP contribution in [0, 0.1) is 0 Å². The summed E-state index contributed by atoms with van der Waals surface area (Å²) in [5.41, 5.74) is 1.95. The lowest BCUT2D eigenvalue weighted by molar-refractivity contribution is -0.113. The lowest BCUT2D eigenvalue weighted by Gasteiger charge is -2.05. The summed E-state index contributed by atoms with van der Waals surface area (Å²) in [4.78, 5) is 16.3. The van der Waals surface area contributed by atoms with Gasteiger partial charge in [0.15, 0.2) is 0 Å². The van der Waals surface area contributed by atoms with Crippen molar-refractivity contribution in [2.75, 3.05) is 11.2 Å². The van der Waals surface area contributed by atoms with Gasteiger partial charge in [-0.2, -0.15) is 0 Å². The van der Waals surface area contributed by atoms with Gasteiger partial charge in [-0.25, -0.2) is 0 Å². The predicted octanol–water partition coefficient (Wildman–Crippen LogP) is 3.55.